The summed E-state index contributed by atoms with van der Waals surface area (Å²) in [7, 11) is 3.72. The second-order valence-electron chi connectivity index (χ2n) is 11.8. The van der Waals surface area contributed by atoms with Crippen LogP contribution in [0.2, 0.25) is 0 Å². The Morgan fingerprint density at radius 3 is 2.31 bits per heavy atom. The monoisotopic (exact) mass is 492 g/mol. The molecule has 2 N–H and O–H groups in total. The number of hydrogen-bond donors (Lipinski definition) is 2. The minimum absolute atomic E-state index is 0.0336. The Hall–Kier alpha value is -1.93. The van der Waals surface area contributed by atoms with Crippen molar-refractivity contribution in [2.24, 2.45) is 11.3 Å². The first-order chi connectivity index (χ1) is 16.3. The summed E-state index contributed by atoms with van der Waals surface area (Å²) in [6, 6.07) is -1.34. The highest BCUT2D eigenvalue weighted by Crippen LogP contribution is 2.26. The summed E-state index contributed by atoms with van der Waals surface area (Å²) in [5.41, 5.74) is 0.0951. The molecule has 0 radical (unpaired) electrons. The number of aliphatic hydroxyl groups is 1. The van der Waals surface area contributed by atoms with Crippen LogP contribution < -0.4 is 5.32 Å². The van der Waals surface area contributed by atoms with E-state index in [1.165, 1.54) is 0 Å². The molecule has 2 rings (SSSR count). The standard InChI is InChI=1S/C27H48N4O4/c1-18(2)22(16-19(3)25(34)31-15-11-12-20(31)17-32)30(8)26(35)23(27(4,5)6)28-24(33)21-13-9-10-14-29(21)7/h16,18,20-23,32H,9-15,17H2,1-8H3,(H,28,33)/b19-16+/t20-,21?,22+,23+/m0/s1. The smallest absolute Gasteiger partial charge is 0.249 e. The number of carbonyl (C=O) groups is 3. The molecule has 0 spiro atoms. The third kappa shape index (κ3) is 7.29. The van der Waals surface area contributed by atoms with Crippen molar-refractivity contribution < 1.29 is 19.5 Å². The van der Waals surface area contributed by atoms with Gasteiger partial charge in [0, 0.05) is 19.2 Å². The number of likely N-dealkylation sites (tertiary alicyclic amines) is 2. The van der Waals surface area contributed by atoms with Crippen LogP contribution in [0, 0.1) is 11.3 Å². The van der Waals surface area contributed by atoms with Crippen LogP contribution in [0.15, 0.2) is 11.6 Å². The third-order valence-corrected chi connectivity index (χ3v) is 7.56. The van der Waals surface area contributed by atoms with Gasteiger partial charge in [0.15, 0.2) is 0 Å². The van der Waals surface area contributed by atoms with Crippen molar-refractivity contribution in [3.8, 4) is 0 Å². The van der Waals surface area contributed by atoms with Crippen molar-refractivity contribution in [1.82, 2.24) is 20.0 Å². The average Bonchev–Trinajstić information content (AvgIpc) is 3.27. The van der Waals surface area contributed by atoms with Gasteiger partial charge in [-0.15, -0.1) is 0 Å². The topological polar surface area (TPSA) is 93.2 Å². The zero-order chi connectivity index (χ0) is 26.5. The van der Waals surface area contributed by atoms with Crippen molar-refractivity contribution in [1.29, 1.82) is 0 Å². The van der Waals surface area contributed by atoms with Gasteiger partial charge in [-0.25, -0.2) is 0 Å². The predicted octanol–water partition coefficient (Wildman–Crippen LogP) is 2.41. The molecule has 4 atom stereocenters. The molecule has 0 aliphatic carbocycles. The van der Waals surface area contributed by atoms with Crippen LogP contribution in [0.25, 0.3) is 0 Å². The Labute approximate surface area is 212 Å². The number of nitrogens with one attached hydrogen (secondary N) is 1. The Kier molecular flexibility index (Phi) is 10.3. The number of hydrogen-bond acceptors (Lipinski definition) is 5. The maximum Gasteiger partial charge on any atom is 0.249 e. The average molecular weight is 493 g/mol. The van der Waals surface area contributed by atoms with Crippen LogP contribution in [-0.4, -0.2) is 95.5 Å². The molecule has 0 aromatic carbocycles. The van der Waals surface area contributed by atoms with Crippen molar-refractivity contribution >= 4 is 17.7 Å². The lowest BCUT2D eigenvalue weighted by molar-refractivity contribution is -0.141. The Balaban J connectivity index is 2.23. The van der Waals surface area contributed by atoms with E-state index in [1.807, 2.05) is 47.7 Å². The van der Waals surface area contributed by atoms with Crippen LogP contribution in [0.1, 0.15) is 73.6 Å². The molecule has 2 saturated heterocycles. The normalized spacial score (nSPS) is 23.8. The molecule has 8 nitrogen and oxygen atoms in total. The fraction of sp³-hybridized carbons (Fsp3) is 0.815. The fourth-order valence-electron chi connectivity index (χ4n) is 5.24. The second kappa shape index (κ2) is 12.3. The lowest BCUT2D eigenvalue weighted by Gasteiger charge is -2.39. The molecule has 8 heteroatoms. The Morgan fingerprint density at radius 2 is 1.77 bits per heavy atom. The molecule has 2 heterocycles. The highest BCUT2D eigenvalue weighted by atomic mass is 16.3. The fourth-order valence-corrected chi connectivity index (χ4v) is 5.24. The van der Waals surface area contributed by atoms with Crippen molar-refractivity contribution in [2.75, 3.05) is 33.8 Å². The quantitative estimate of drug-likeness (QED) is 0.508. The molecule has 2 aliphatic rings. The summed E-state index contributed by atoms with van der Waals surface area (Å²) in [6.07, 6.45) is 6.46. The van der Waals surface area contributed by atoms with E-state index in [1.54, 1.807) is 23.8 Å². The number of likely N-dealkylation sites (N-methyl/N-ethyl adjacent to an activating group) is 2. The summed E-state index contributed by atoms with van der Waals surface area (Å²) in [5, 5.41) is 12.7. The number of nitrogens with zero attached hydrogens (tertiary/aromatic N) is 3. The van der Waals surface area contributed by atoms with Crippen molar-refractivity contribution in [3.63, 3.8) is 0 Å². The van der Waals surface area contributed by atoms with E-state index < -0.39 is 11.5 Å². The molecular formula is C27H48N4O4. The van der Waals surface area contributed by atoms with Gasteiger partial charge in [0.2, 0.25) is 17.7 Å². The van der Waals surface area contributed by atoms with Gasteiger partial charge in [0.05, 0.1) is 24.7 Å². The summed E-state index contributed by atoms with van der Waals surface area (Å²) in [6.45, 7) is 13.2. The van der Waals surface area contributed by atoms with Crippen LogP contribution in [0.5, 0.6) is 0 Å². The first kappa shape index (κ1) is 29.3. The maximum atomic E-state index is 13.8. The molecule has 0 bridgehead atoms. The summed E-state index contributed by atoms with van der Waals surface area (Å²) < 4.78 is 0. The van der Waals surface area contributed by atoms with Crippen LogP contribution in [0.3, 0.4) is 0 Å². The summed E-state index contributed by atoms with van der Waals surface area (Å²) in [4.78, 5) is 45.5. The molecule has 3 amide bonds. The van der Waals surface area contributed by atoms with Gasteiger partial charge in [0.25, 0.3) is 0 Å². The molecule has 200 valence electrons. The highest BCUT2D eigenvalue weighted by Gasteiger charge is 2.39. The zero-order valence-electron chi connectivity index (χ0n) is 23.1. The van der Waals surface area contributed by atoms with E-state index in [2.05, 4.69) is 10.2 Å². The number of amides is 3. The molecule has 35 heavy (non-hydrogen) atoms. The molecule has 0 saturated carbocycles. The van der Waals surface area contributed by atoms with E-state index in [4.69, 9.17) is 0 Å². The lowest BCUT2D eigenvalue weighted by atomic mass is 9.84. The molecular weight excluding hydrogens is 444 g/mol. The maximum absolute atomic E-state index is 13.8. The van der Waals surface area contributed by atoms with Gasteiger partial charge >= 0.3 is 0 Å². The molecule has 0 aromatic heterocycles. The molecule has 1 unspecified atom stereocenters. The molecule has 2 aliphatic heterocycles. The Bertz CT molecular complexity index is 789. The van der Waals surface area contributed by atoms with Crippen LogP contribution in [-0.2, 0) is 14.4 Å². The largest absolute Gasteiger partial charge is 0.394 e. The van der Waals surface area contributed by atoms with Gasteiger partial charge in [-0.1, -0.05) is 47.1 Å². The van der Waals surface area contributed by atoms with E-state index in [-0.39, 0.29) is 48.4 Å². The van der Waals surface area contributed by atoms with Crippen LogP contribution >= 0.6 is 0 Å². The summed E-state index contributed by atoms with van der Waals surface area (Å²) in [5.74, 6) is -0.274. The van der Waals surface area contributed by atoms with Gasteiger partial charge in [-0.2, -0.15) is 0 Å². The van der Waals surface area contributed by atoms with Crippen molar-refractivity contribution in [2.45, 2.75) is 97.8 Å². The van der Waals surface area contributed by atoms with Crippen molar-refractivity contribution in [3.05, 3.63) is 11.6 Å². The van der Waals surface area contributed by atoms with Gasteiger partial charge in [-0.3, -0.25) is 19.3 Å². The van der Waals surface area contributed by atoms with E-state index in [0.717, 1.165) is 38.6 Å². The van der Waals surface area contributed by atoms with E-state index in [0.29, 0.717) is 12.1 Å². The lowest BCUT2D eigenvalue weighted by Crippen LogP contribution is -2.59. The van der Waals surface area contributed by atoms with Gasteiger partial charge < -0.3 is 20.2 Å². The number of aliphatic hydroxyl groups excluding tert-OH is 1. The number of piperidine rings is 1. The predicted molar refractivity (Wildman–Crippen MR) is 139 cm³/mol. The minimum Gasteiger partial charge on any atom is -0.394 e. The van der Waals surface area contributed by atoms with Gasteiger partial charge in [-0.05, 0) is 57.5 Å². The van der Waals surface area contributed by atoms with Crippen LogP contribution in [0.4, 0.5) is 0 Å². The highest BCUT2D eigenvalue weighted by molar-refractivity contribution is 5.94. The molecule has 0 aromatic rings. The second-order valence-corrected chi connectivity index (χ2v) is 11.8. The third-order valence-electron chi connectivity index (χ3n) is 7.56. The Morgan fingerprint density at radius 1 is 1.11 bits per heavy atom. The zero-order valence-corrected chi connectivity index (χ0v) is 23.1. The first-order valence-electron chi connectivity index (χ1n) is 13.2. The number of carbonyl (C=O) groups excluding carboxylic acids is 3. The summed E-state index contributed by atoms with van der Waals surface area (Å²) >= 11 is 0. The number of rotatable bonds is 8. The van der Waals surface area contributed by atoms with E-state index in [9.17, 15) is 19.5 Å². The first-order valence-corrected chi connectivity index (χ1v) is 13.2. The molecule has 2 fully saturated rings. The van der Waals surface area contributed by atoms with E-state index >= 15 is 0 Å². The van der Waals surface area contributed by atoms with Gasteiger partial charge in [0.1, 0.15) is 6.04 Å². The SMILES string of the molecule is C/C(=C\[C@H](C(C)C)N(C)C(=O)[C@@H](NC(=O)C1CCCCN1C)C(C)(C)C)C(=O)N1CCC[C@H]1CO. The minimum atomic E-state index is -0.682.